The fraction of sp³-hybridized carbons (Fsp3) is 0.250. The lowest BCUT2D eigenvalue weighted by Crippen LogP contribution is -2.30. The molecule has 2 amide bonds. The van der Waals surface area contributed by atoms with E-state index in [1.807, 2.05) is 6.07 Å². The van der Waals surface area contributed by atoms with Gasteiger partial charge in [-0.15, -0.1) is 11.3 Å². The number of carbonyl (C=O) groups is 2. The highest BCUT2D eigenvalue weighted by Gasteiger charge is 2.09. The van der Waals surface area contributed by atoms with Crippen molar-refractivity contribution in [2.24, 2.45) is 0 Å². The van der Waals surface area contributed by atoms with Crippen molar-refractivity contribution in [1.29, 1.82) is 0 Å². The molecule has 0 aliphatic carbocycles. The van der Waals surface area contributed by atoms with E-state index in [9.17, 15) is 9.59 Å². The number of ketones is 1. The second-order valence-electron chi connectivity index (χ2n) is 4.80. The van der Waals surface area contributed by atoms with Crippen LogP contribution in [0.25, 0.3) is 0 Å². The Morgan fingerprint density at radius 3 is 2.70 bits per heavy atom. The topological polar surface area (TPSA) is 67.4 Å². The molecule has 0 fully saturated rings. The molecule has 1 aromatic heterocycles. The van der Waals surface area contributed by atoms with E-state index in [0.29, 0.717) is 29.4 Å². The summed E-state index contributed by atoms with van der Waals surface area (Å²) in [5.41, 5.74) is 0.507. The van der Waals surface area contributed by atoms with Crippen molar-refractivity contribution in [2.45, 2.75) is 13.3 Å². The highest BCUT2D eigenvalue weighted by atomic mass is 35.5. The average Bonchev–Trinajstić information content (AvgIpc) is 2.96. The smallest absolute Gasteiger partial charge is 0.319 e. The van der Waals surface area contributed by atoms with Crippen LogP contribution in [-0.4, -0.2) is 25.5 Å². The number of rotatable bonds is 6. The van der Waals surface area contributed by atoms with Crippen molar-refractivity contribution in [1.82, 2.24) is 5.32 Å². The third-order valence-electron chi connectivity index (χ3n) is 3.08. The minimum atomic E-state index is -0.339. The van der Waals surface area contributed by atoms with Crippen LogP contribution in [0.5, 0.6) is 5.75 Å². The molecule has 0 saturated heterocycles. The molecule has 0 spiro atoms. The molecule has 2 aromatic rings. The molecule has 2 rings (SSSR count). The van der Waals surface area contributed by atoms with E-state index in [0.717, 1.165) is 9.75 Å². The van der Waals surface area contributed by atoms with Crippen molar-refractivity contribution in [2.75, 3.05) is 19.0 Å². The standard InChI is InChI=1S/C16H17ClN2O3S/c1-10(20)15-6-4-12(23-15)7-8-18-16(21)19-13-9-11(17)3-5-14(13)22-2/h3-6,9H,7-8H2,1-2H3,(H2,18,19,21). The maximum atomic E-state index is 11.9. The number of amides is 2. The molecule has 1 aromatic carbocycles. The number of carbonyl (C=O) groups excluding carboxylic acids is 2. The normalized spacial score (nSPS) is 10.2. The highest BCUT2D eigenvalue weighted by molar-refractivity contribution is 7.14. The number of halogens is 1. The second kappa shape index (κ2) is 7.99. The summed E-state index contributed by atoms with van der Waals surface area (Å²) in [6.07, 6.45) is 0.665. The van der Waals surface area contributed by atoms with Crippen LogP contribution in [0.4, 0.5) is 10.5 Å². The zero-order valence-electron chi connectivity index (χ0n) is 12.8. The van der Waals surface area contributed by atoms with E-state index in [2.05, 4.69) is 10.6 Å². The van der Waals surface area contributed by atoms with Gasteiger partial charge in [0.15, 0.2) is 5.78 Å². The summed E-state index contributed by atoms with van der Waals surface area (Å²) < 4.78 is 5.17. The van der Waals surface area contributed by atoms with Gasteiger partial charge in [0.2, 0.25) is 0 Å². The molecular weight excluding hydrogens is 336 g/mol. The van der Waals surface area contributed by atoms with Gasteiger partial charge >= 0.3 is 6.03 Å². The molecule has 0 aliphatic heterocycles. The minimum absolute atomic E-state index is 0.0556. The molecule has 7 heteroatoms. The number of ether oxygens (including phenoxy) is 1. The van der Waals surface area contributed by atoms with E-state index >= 15 is 0 Å². The van der Waals surface area contributed by atoms with Crippen LogP contribution in [0.1, 0.15) is 21.5 Å². The van der Waals surface area contributed by atoms with Crippen molar-refractivity contribution in [3.05, 3.63) is 45.1 Å². The van der Waals surface area contributed by atoms with Crippen LogP contribution in [-0.2, 0) is 6.42 Å². The average molecular weight is 353 g/mol. The number of Topliss-reactive ketones (excluding diaryl/α,β-unsaturated/α-hetero) is 1. The van der Waals surface area contributed by atoms with Crippen LogP contribution in [0, 0.1) is 0 Å². The molecule has 0 saturated carbocycles. The molecule has 23 heavy (non-hydrogen) atoms. The van der Waals surface area contributed by atoms with Crippen molar-refractivity contribution >= 4 is 40.4 Å². The van der Waals surface area contributed by atoms with Gasteiger partial charge in [0.05, 0.1) is 17.7 Å². The SMILES string of the molecule is COc1ccc(Cl)cc1NC(=O)NCCc1ccc(C(C)=O)s1. The summed E-state index contributed by atoms with van der Waals surface area (Å²) in [5, 5.41) is 5.97. The number of nitrogens with one attached hydrogen (secondary N) is 2. The first-order valence-electron chi connectivity index (χ1n) is 6.97. The van der Waals surface area contributed by atoms with Crippen LogP contribution < -0.4 is 15.4 Å². The molecule has 0 atom stereocenters. The van der Waals surface area contributed by atoms with Gasteiger partial charge in [-0.25, -0.2) is 4.79 Å². The first kappa shape index (κ1) is 17.3. The summed E-state index contributed by atoms with van der Waals surface area (Å²) in [6.45, 7) is 2.01. The van der Waals surface area contributed by atoms with Crippen LogP contribution >= 0.6 is 22.9 Å². The van der Waals surface area contributed by atoms with Gasteiger partial charge in [0.25, 0.3) is 0 Å². The Labute approximate surface area is 143 Å². The predicted octanol–water partition coefficient (Wildman–Crippen LogP) is 3.98. The molecule has 0 unspecified atom stereocenters. The minimum Gasteiger partial charge on any atom is -0.495 e. The third-order valence-corrected chi connectivity index (χ3v) is 4.56. The summed E-state index contributed by atoms with van der Waals surface area (Å²) in [5.74, 6) is 0.592. The van der Waals surface area contributed by atoms with Gasteiger partial charge < -0.3 is 15.4 Å². The van der Waals surface area contributed by atoms with Crippen molar-refractivity contribution < 1.29 is 14.3 Å². The molecular formula is C16H17ClN2O3S. The van der Waals surface area contributed by atoms with E-state index in [1.165, 1.54) is 18.4 Å². The Balaban J connectivity index is 1.85. The monoisotopic (exact) mass is 352 g/mol. The lowest BCUT2D eigenvalue weighted by Gasteiger charge is -2.11. The lowest BCUT2D eigenvalue weighted by atomic mass is 10.3. The van der Waals surface area contributed by atoms with Crippen molar-refractivity contribution in [3.63, 3.8) is 0 Å². The number of urea groups is 1. The molecule has 2 N–H and O–H groups in total. The van der Waals surface area contributed by atoms with E-state index in [1.54, 1.807) is 31.2 Å². The Morgan fingerprint density at radius 1 is 1.26 bits per heavy atom. The number of methoxy groups -OCH3 is 1. The highest BCUT2D eigenvalue weighted by Crippen LogP contribution is 2.27. The number of benzene rings is 1. The lowest BCUT2D eigenvalue weighted by molar-refractivity contribution is 0.102. The van der Waals surface area contributed by atoms with Gasteiger partial charge in [0.1, 0.15) is 5.75 Å². The van der Waals surface area contributed by atoms with Gasteiger partial charge in [-0.2, -0.15) is 0 Å². The summed E-state index contributed by atoms with van der Waals surface area (Å²) >= 11 is 7.36. The molecule has 1 heterocycles. The molecule has 0 aliphatic rings. The fourth-order valence-electron chi connectivity index (χ4n) is 1.95. The zero-order valence-corrected chi connectivity index (χ0v) is 14.4. The van der Waals surface area contributed by atoms with Crippen molar-refractivity contribution in [3.8, 4) is 5.75 Å². The Morgan fingerprint density at radius 2 is 2.04 bits per heavy atom. The first-order valence-corrected chi connectivity index (χ1v) is 8.17. The Bertz CT molecular complexity index is 715. The molecule has 0 radical (unpaired) electrons. The predicted molar refractivity (Wildman–Crippen MR) is 93.1 cm³/mol. The second-order valence-corrected chi connectivity index (χ2v) is 6.40. The summed E-state index contributed by atoms with van der Waals surface area (Å²) in [4.78, 5) is 24.9. The van der Waals surface area contributed by atoms with Crippen LogP contribution in [0.2, 0.25) is 5.02 Å². The Kier molecular flexibility index (Phi) is 6.01. The van der Waals surface area contributed by atoms with Gasteiger partial charge in [-0.3, -0.25) is 4.79 Å². The fourth-order valence-corrected chi connectivity index (χ4v) is 3.02. The molecule has 0 bridgehead atoms. The largest absolute Gasteiger partial charge is 0.495 e. The molecule has 5 nitrogen and oxygen atoms in total. The number of hydrogen-bond donors (Lipinski definition) is 2. The Hall–Kier alpha value is -2.05. The number of thiophene rings is 1. The van der Waals surface area contributed by atoms with Gasteiger partial charge in [0, 0.05) is 16.4 Å². The van der Waals surface area contributed by atoms with Gasteiger partial charge in [-0.05, 0) is 43.7 Å². The number of anilines is 1. The summed E-state index contributed by atoms with van der Waals surface area (Å²) in [7, 11) is 1.52. The van der Waals surface area contributed by atoms with Crippen LogP contribution in [0.3, 0.4) is 0 Å². The van der Waals surface area contributed by atoms with Crippen LogP contribution in [0.15, 0.2) is 30.3 Å². The maximum Gasteiger partial charge on any atom is 0.319 e. The third kappa shape index (κ3) is 4.97. The number of hydrogen-bond acceptors (Lipinski definition) is 4. The van der Waals surface area contributed by atoms with E-state index < -0.39 is 0 Å². The van der Waals surface area contributed by atoms with Gasteiger partial charge in [-0.1, -0.05) is 11.6 Å². The first-order chi connectivity index (χ1) is 11.0. The quantitative estimate of drug-likeness (QED) is 0.773. The zero-order chi connectivity index (χ0) is 16.8. The summed E-state index contributed by atoms with van der Waals surface area (Å²) in [6, 6.07) is 8.37. The van der Waals surface area contributed by atoms with E-state index in [4.69, 9.17) is 16.3 Å². The van der Waals surface area contributed by atoms with E-state index in [-0.39, 0.29) is 11.8 Å². The maximum absolute atomic E-state index is 11.9. The molecule has 122 valence electrons.